The first-order chi connectivity index (χ1) is 12.6. The van der Waals surface area contributed by atoms with Crippen LogP contribution in [0.2, 0.25) is 5.02 Å². The summed E-state index contributed by atoms with van der Waals surface area (Å²) in [7, 11) is 1.89. The summed E-state index contributed by atoms with van der Waals surface area (Å²) in [6, 6.07) is 5.93. The molecule has 1 aliphatic rings. The monoisotopic (exact) mass is 379 g/mol. The lowest BCUT2D eigenvalue weighted by Crippen LogP contribution is -2.28. The molecular formula is C22H34ClNO2. The molecular weight excluding hydrogens is 346 g/mol. The van der Waals surface area contributed by atoms with Crippen molar-refractivity contribution < 1.29 is 9.53 Å². The first kappa shape index (κ1) is 21.1. The second-order valence-electron chi connectivity index (χ2n) is 7.53. The predicted octanol–water partition coefficient (Wildman–Crippen LogP) is 5.88. The maximum absolute atomic E-state index is 12.2. The number of carbonyl (C=O) groups excluding carboxylic acids is 1. The quantitative estimate of drug-likeness (QED) is 0.449. The molecule has 26 heavy (non-hydrogen) atoms. The molecule has 1 amide bonds. The minimum atomic E-state index is 0.252. The van der Waals surface area contributed by atoms with Crippen LogP contribution in [0.15, 0.2) is 18.2 Å². The number of hydrogen-bond acceptors (Lipinski definition) is 2. The van der Waals surface area contributed by atoms with Gasteiger partial charge in [0.1, 0.15) is 5.75 Å². The zero-order valence-corrected chi connectivity index (χ0v) is 17.2. The Kier molecular flexibility index (Phi) is 9.31. The average Bonchev–Trinajstić information content (AvgIpc) is 3.16. The van der Waals surface area contributed by atoms with Crippen LogP contribution in [0.3, 0.4) is 0 Å². The number of benzene rings is 1. The van der Waals surface area contributed by atoms with Gasteiger partial charge in [0.2, 0.25) is 5.91 Å². The van der Waals surface area contributed by atoms with E-state index in [0.29, 0.717) is 18.1 Å². The Balaban J connectivity index is 1.55. The van der Waals surface area contributed by atoms with Gasteiger partial charge in [-0.3, -0.25) is 4.79 Å². The third-order valence-corrected chi connectivity index (χ3v) is 5.75. The normalized spacial score (nSPS) is 14.6. The first-order valence-electron chi connectivity index (χ1n) is 10.2. The highest BCUT2D eigenvalue weighted by atomic mass is 35.5. The minimum Gasteiger partial charge on any atom is -0.492 e. The van der Waals surface area contributed by atoms with Crippen LogP contribution in [0.1, 0.15) is 70.3 Å². The number of unbranched alkanes of at least 4 members (excludes halogenated alkanes) is 1. The molecule has 1 aromatic carbocycles. The summed E-state index contributed by atoms with van der Waals surface area (Å²) in [5.74, 6) is 1.91. The molecule has 0 spiro atoms. The van der Waals surface area contributed by atoms with Gasteiger partial charge in [-0.15, -0.1) is 0 Å². The van der Waals surface area contributed by atoms with Gasteiger partial charge in [-0.2, -0.15) is 0 Å². The smallest absolute Gasteiger partial charge is 0.222 e. The van der Waals surface area contributed by atoms with Crippen molar-refractivity contribution in [2.24, 2.45) is 5.92 Å². The van der Waals surface area contributed by atoms with Crippen LogP contribution >= 0.6 is 11.6 Å². The van der Waals surface area contributed by atoms with Gasteiger partial charge in [-0.05, 0) is 42.9 Å². The van der Waals surface area contributed by atoms with Crippen molar-refractivity contribution in [3.05, 3.63) is 28.8 Å². The zero-order chi connectivity index (χ0) is 18.8. The molecule has 0 aromatic heterocycles. The Bertz CT molecular complexity index is 555. The zero-order valence-electron chi connectivity index (χ0n) is 16.4. The number of hydrogen-bond donors (Lipinski definition) is 0. The minimum absolute atomic E-state index is 0.252. The van der Waals surface area contributed by atoms with E-state index in [1.165, 1.54) is 44.1 Å². The van der Waals surface area contributed by atoms with Gasteiger partial charge in [0.05, 0.1) is 11.6 Å². The number of amides is 1. The molecule has 1 fully saturated rings. The van der Waals surface area contributed by atoms with Crippen molar-refractivity contribution in [3.8, 4) is 5.75 Å². The van der Waals surface area contributed by atoms with E-state index in [1.54, 1.807) is 0 Å². The summed E-state index contributed by atoms with van der Waals surface area (Å²) in [4.78, 5) is 14.0. The number of rotatable bonds is 11. The highest BCUT2D eigenvalue weighted by molar-refractivity contribution is 6.32. The molecule has 0 radical (unpaired) electrons. The van der Waals surface area contributed by atoms with Crippen LogP contribution in [0.4, 0.5) is 0 Å². The van der Waals surface area contributed by atoms with Crippen molar-refractivity contribution >= 4 is 17.5 Å². The number of aryl methyl sites for hydroxylation is 1. The summed E-state index contributed by atoms with van der Waals surface area (Å²) in [6.07, 6.45) is 11.6. The Hall–Kier alpha value is -1.22. The molecule has 0 saturated heterocycles. The fourth-order valence-electron chi connectivity index (χ4n) is 3.69. The van der Waals surface area contributed by atoms with Crippen LogP contribution in [-0.4, -0.2) is 31.0 Å². The van der Waals surface area contributed by atoms with Crippen molar-refractivity contribution in [1.82, 2.24) is 4.90 Å². The molecule has 0 bridgehead atoms. The number of ether oxygens (including phenoxy) is 1. The molecule has 0 unspecified atom stereocenters. The highest BCUT2D eigenvalue weighted by Gasteiger charge is 2.15. The van der Waals surface area contributed by atoms with Crippen molar-refractivity contribution in [2.75, 3.05) is 20.2 Å². The second kappa shape index (κ2) is 11.5. The SMILES string of the molecule is CCc1ccc(OCCCN(C)C(=O)CCCCC2CCCC2)c(Cl)c1. The van der Waals surface area contributed by atoms with Gasteiger partial charge >= 0.3 is 0 Å². The van der Waals surface area contributed by atoms with Crippen molar-refractivity contribution in [3.63, 3.8) is 0 Å². The van der Waals surface area contributed by atoms with Gasteiger partial charge in [0.15, 0.2) is 0 Å². The fraction of sp³-hybridized carbons (Fsp3) is 0.682. The van der Waals surface area contributed by atoms with Crippen LogP contribution in [-0.2, 0) is 11.2 Å². The Morgan fingerprint density at radius 1 is 1.23 bits per heavy atom. The molecule has 0 N–H and O–H groups in total. The summed E-state index contributed by atoms with van der Waals surface area (Å²) in [5.41, 5.74) is 1.21. The summed E-state index contributed by atoms with van der Waals surface area (Å²) in [5, 5.41) is 0.663. The molecule has 146 valence electrons. The van der Waals surface area contributed by atoms with E-state index >= 15 is 0 Å². The van der Waals surface area contributed by atoms with Crippen molar-refractivity contribution in [2.45, 2.75) is 71.1 Å². The molecule has 2 rings (SSSR count). The first-order valence-corrected chi connectivity index (χ1v) is 10.6. The Morgan fingerprint density at radius 3 is 2.69 bits per heavy atom. The maximum atomic E-state index is 12.2. The Morgan fingerprint density at radius 2 is 2.00 bits per heavy atom. The third-order valence-electron chi connectivity index (χ3n) is 5.45. The van der Waals surface area contributed by atoms with Crippen LogP contribution in [0.5, 0.6) is 5.75 Å². The average molecular weight is 380 g/mol. The number of nitrogens with zero attached hydrogens (tertiary/aromatic N) is 1. The van der Waals surface area contributed by atoms with E-state index in [0.717, 1.165) is 37.5 Å². The van der Waals surface area contributed by atoms with E-state index in [2.05, 4.69) is 6.92 Å². The van der Waals surface area contributed by atoms with E-state index in [-0.39, 0.29) is 5.91 Å². The lowest BCUT2D eigenvalue weighted by atomic mass is 10.00. The molecule has 1 saturated carbocycles. The van der Waals surface area contributed by atoms with Crippen LogP contribution < -0.4 is 4.74 Å². The van der Waals surface area contributed by atoms with Crippen LogP contribution in [0, 0.1) is 5.92 Å². The fourth-order valence-corrected chi connectivity index (χ4v) is 3.95. The Labute approximate surface area is 164 Å². The van der Waals surface area contributed by atoms with Crippen LogP contribution in [0.25, 0.3) is 0 Å². The lowest BCUT2D eigenvalue weighted by Gasteiger charge is -2.18. The lowest BCUT2D eigenvalue weighted by molar-refractivity contribution is -0.130. The molecule has 1 aromatic rings. The van der Waals surface area contributed by atoms with E-state index in [9.17, 15) is 4.79 Å². The second-order valence-corrected chi connectivity index (χ2v) is 7.94. The number of halogens is 1. The van der Waals surface area contributed by atoms with Crippen molar-refractivity contribution in [1.29, 1.82) is 0 Å². The van der Waals surface area contributed by atoms with Gasteiger partial charge in [0.25, 0.3) is 0 Å². The van der Waals surface area contributed by atoms with E-state index in [4.69, 9.17) is 16.3 Å². The van der Waals surface area contributed by atoms with E-state index < -0.39 is 0 Å². The molecule has 0 aliphatic heterocycles. The standard InChI is InChI=1S/C22H34ClNO2/c1-3-18-13-14-21(20(23)17-18)26-16-8-15-24(2)22(25)12-7-6-11-19-9-4-5-10-19/h13-14,17,19H,3-12,15-16H2,1-2H3. The molecule has 4 heteroatoms. The molecule has 0 atom stereocenters. The molecule has 3 nitrogen and oxygen atoms in total. The van der Waals surface area contributed by atoms with E-state index in [1.807, 2.05) is 30.1 Å². The summed E-state index contributed by atoms with van der Waals surface area (Å²) in [6.45, 7) is 3.41. The summed E-state index contributed by atoms with van der Waals surface area (Å²) >= 11 is 6.23. The molecule has 0 heterocycles. The summed E-state index contributed by atoms with van der Waals surface area (Å²) < 4.78 is 5.75. The topological polar surface area (TPSA) is 29.5 Å². The predicted molar refractivity (Wildman–Crippen MR) is 109 cm³/mol. The largest absolute Gasteiger partial charge is 0.492 e. The van der Waals surface area contributed by atoms with Gasteiger partial charge < -0.3 is 9.64 Å². The number of carbonyl (C=O) groups is 1. The maximum Gasteiger partial charge on any atom is 0.222 e. The molecule has 1 aliphatic carbocycles. The highest BCUT2D eigenvalue weighted by Crippen LogP contribution is 2.29. The van der Waals surface area contributed by atoms with Gasteiger partial charge in [-0.25, -0.2) is 0 Å². The van der Waals surface area contributed by atoms with Gasteiger partial charge in [0, 0.05) is 20.0 Å². The van der Waals surface area contributed by atoms with Gasteiger partial charge in [-0.1, -0.05) is 63.1 Å². The third kappa shape index (κ3) is 7.19.